The molecule has 0 aliphatic rings. The third-order valence-corrected chi connectivity index (χ3v) is 5.81. The van der Waals surface area contributed by atoms with E-state index in [1.165, 1.54) is 16.5 Å². The molecule has 27 heavy (non-hydrogen) atoms. The molecule has 5 rings (SSSR count). The van der Waals surface area contributed by atoms with Crippen LogP contribution >= 0.6 is 27.5 Å². The van der Waals surface area contributed by atoms with E-state index in [0.29, 0.717) is 0 Å². The molecule has 1 nitrogen and oxygen atoms in total. The summed E-state index contributed by atoms with van der Waals surface area (Å²) in [6.45, 7) is 0. The molecule has 0 N–H and O–H groups in total. The monoisotopic (exact) mass is 431 g/mol. The van der Waals surface area contributed by atoms with E-state index >= 15 is 0 Å². The molecule has 0 saturated carbocycles. The van der Waals surface area contributed by atoms with Crippen LogP contribution in [0.15, 0.2) is 95.5 Å². The summed E-state index contributed by atoms with van der Waals surface area (Å²) in [6, 6.07) is 31.5. The maximum atomic E-state index is 6.31. The summed E-state index contributed by atoms with van der Waals surface area (Å²) in [5, 5.41) is 3.07. The smallest absolute Gasteiger partial charge is 0.0552 e. The summed E-state index contributed by atoms with van der Waals surface area (Å²) in [4.78, 5) is 0. The first-order valence-electron chi connectivity index (χ1n) is 8.76. The predicted octanol–water partition coefficient (Wildman–Crippen LogP) is 7.87. The van der Waals surface area contributed by atoms with Crippen LogP contribution in [0.5, 0.6) is 0 Å². The van der Waals surface area contributed by atoms with Crippen LogP contribution in [0.1, 0.15) is 0 Å². The zero-order valence-corrected chi connectivity index (χ0v) is 16.7. The fourth-order valence-electron chi connectivity index (χ4n) is 3.73. The van der Waals surface area contributed by atoms with Gasteiger partial charge in [0.1, 0.15) is 0 Å². The Morgan fingerprint density at radius 2 is 1.44 bits per heavy atom. The molecule has 0 amide bonds. The van der Waals surface area contributed by atoms with Crippen molar-refractivity contribution < 1.29 is 0 Å². The van der Waals surface area contributed by atoms with E-state index < -0.39 is 0 Å². The average Bonchev–Trinajstić information content (AvgIpc) is 3.03. The highest BCUT2D eigenvalue weighted by atomic mass is 79.9. The lowest BCUT2D eigenvalue weighted by atomic mass is 10.1. The number of halogens is 2. The maximum absolute atomic E-state index is 6.31. The largest absolute Gasteiger partial charge is 0.309 e. The van der Waals surface area contributed by atoms with Crippen LogP contribution in [0.25, 0.3) is 38.6 Å². The van der Waals surface area contributed by atoms with E-state index in [1.807, 2.05) is 18.2 Å². The minimum absolute atomic E-state index is 0.746. The predicted molar refractivity (Wildman–Crippen MR) is 119 cm³/mol. The topological polar surface area (TPSA) is 4.93 Å². The van der Waals surface area contributed by atoms with Gasteiger partial charge in [-0.05, 0) is 53.6 Å². The molecule has 5 aromatic rings. The fourth-order valence-corrected chi connectivity index (χ4v) is 4.47. The molecule has 130 valence electrons. The first kappa shape index (κ1) is 16.6. The summed E-state index contributed by atoms with van der Waals surface area (Å²) in [6.07, 6.45) is 0. The van der Waals surface area contributed by atoms with Gasteiger partial charge < -0.3 is 4.57 Å². The lowest BCUT2D eigenvalue weighted by Gasteiger charge is -2.10. The van der Waals surface area contributed by atoms with Crippen molar-refractivity contribution in [2.45, 2.75) is 0 Å². The zero-order valence-electron chi connectivity index (χ0n) is 14.4. The summed E-state index contributed by atoms with van der Waals surface area (Å²) >= 11 is 10.0. The molecule has 1 aromatic heterocycles. The number of benzene rings is 4. The van der Waals surface area contributed by atoms with Crippen LogP contribution in [-0.2, 0) is 0 Å². The van der Waals surface area contributed by atoms with Crippen molar-refractivity contribution in [1.29, 1.82) is 0 Å². The van der Waals surface area contributed by atoms with Crippen molar-refractivity contribution in [1.82, 2.24) is 4.57 Å². The SMILES string of the molecule is Clc1ccc2c(c1)c1c(Br)cccc1n2-c1cccc(-c2ccccc2)c1. The van der Waals surface area contributed by atoms with E-state index in [1.54, 1.807) is 0 Å². The number of hydrogen-bond donors (Lipinski definition) is 0. The number of aromatic nitrogens is 1. The van der Waals surface area contributed by atoms with Crippen LogP contribution in [0, 0.1) is 0 Å². The fraction of sp³-hybridized carbons (Fsp3) is 0. The van der Waals surface area contributed by atoms with Gasteiger partial charge in [-0.25, -0.2) is 0 Å². The normalized spacial score (nSPS) is 11.3. The Hall–Kier alpha value is -2.55. The summed E-state index contributed by atoms with van der Waals surface area (Å²) in [5.74, 6) is 0. The zero-order chi connectivity index (χ0) is 18.4. The molecule has 0 bridgehead atoms. The Labute approximate surface area is 170 Å². The molecule has 4 aromatic carbocycles. The molecule has 1 heterocycles. The van der Waals surface area contributed by atoms with Crippen molar-refractivity contribution in [2.75, 3.05) is 0 Å². The highest BCUT2D eigenvalue weighted by molar-refractivity contribution is 9.10. The van der Waals surface area contributed by atoms with Crippen LogP contribution in [0.3, 0.4) is 0 Å². The quantitative estimate of drug-likeness (QED) is 0.267. The molecule has 0 radical (unpaired) electrons. The van der Waals surface area contributed by atoms with E-state index in [-0.39, 0.29) is 0 Å². The van der Waals surface area contributed by atoms with Crippen molar-refractivity contribution in [3.8, 4) is 16.8 Å². The van der Waals surface area contributed by atoms with Crippen LogP contribution in [0.2, 0.25) is 5.02 Å². The highest BCUT2D eigenvalue weighted by Crippen LogP contribution is 2.38. The lowest BCUT2D eigenvalue weighted by molar-refractivity contribution is 1.18. The number of rotatable bonds is 2. The molecule has 0 aliphatic carbocycles. The Bertz CT molecular complexity index is 1290. The molecule has 0 aliphatic heterocycles. The van der Waals surface area contributed by atoms with Gasteiger partial charge >= 0.3 is 0 Å². The summed E-state index contributed by atoms with van der Waals surface area (Å²) < 4.78 is 3.38. The first-order chi connectivity index (χ1) is 13.2. The minimum atomic E-state index is 0.746. The molecular formula is C24H15BrClN. The highest BCUT2D eigenvalue weighted by Gasteiger charge is 2.15. The van der Waals surface area contributed by atoms with E-state index in [0.717, 1.165) is 31.6 Å². The molecule has 3 heteroatoms. The van der Waals surface area contributed by atoms with Crippen LogP contribution < -0.4 is 0 Å². The Morgan fingerprint density at radius 3 is 2.30 bits per heavy atom. The third kappa shape index (κ3) is 2.77. The Morgan fingerprint density at radius 1 is 0.667 bits per heavy atom. The van der Waals surface area contributed by atoms with Crippen LogP contribution in [0.4, 0.5) is 0 Å². The second-order valence-electron chi connectivity index (χ2n) is 6.55. The van der Waals surface area contributed by atoms with Gasteiger partial charge in [-0.3, -0.25) is 0 Å². The molecule has 0 saturated heterocycles. The molecule has 0 atom stereocenters. The molecule has 0 unspecified atom stereocenters. The first-order valence-corrected chi connectivity index (χ1v) is 9.93. The van der Waals surface area contributed by atoms with Crippen molar-refractivity contribution in [3.63, 3.8) is 0 Å². The van der Waals surface area contributed by atoms with Gasteiger partial charge in [0.25, 0.3) is 0 Å². The molecule has 0 fully saturated rings. The van der Waals surface area contributed by atoms with Crippen molar-refractivity contribution in [3.05, 3.63) is 100 Å². The van der Waals surface area contributed by atoms with Gasteiger partial charge in [0.15, 0.2) is 0 Å². The number of nitrogens with zero attached hydrogens (tertiary/aromatic N) is 1. The molecule has 0 spiro atoms. The van der Waals surface area contributed by atoms with E-state index in [2.05, 4.69) is 93.3 Å². The maximum Gasteiger partial charge on any atom is 0.0552 e. The average molecular weight is 433 g/mol. The third-order valence-electron chi connectivity index (χ3n) is 4.91. The van der Waals surface area contributed by atoms with Crippen molar-refractivity contribution >= 4 is 49.3 Å². The van der Waals surface area contributed by atoms with Gasteiger partial charge in [-0.2, -0.15) is 0 Å². The number of fused-ring (bicyclic) bond motifs is 3. The van der Waals surface area contributed by atoms with Gasteiger partial charge in [-0.1, -0.05) is 76.1 Å². The van der Waals surface area contributed by atoms with E-state index in [9.17, 15) is 0 Å². The second kappa shape index (κ2) is 6.56. The summed E-state index contributed by atoms with van der Waals surface area (Å²) in [7, 11) is 0. The lowest BCUT2D eigenvalue weighted by Crippen LogP contribution is -1.94. The van der Waals surface area contributed by atoms with E-state index in [4.69, 9.17) is 11.6 Å². The van der Waals surface area contributed by atoms with Crippen LogP contribution in [-0.4, -0.2) is 4.57 Å². The molecular weight excluding hydrogens is 418 g/mol. The van der Waals surface area contributed by atoms with Gasteiger partial charge in [0, 0.05) is 26.0 Å². The standard InChI is InChI=1S/C24H15BrClN/c25-21-10-5-11-23-24(21)20-15-18(26)12-13-22(20)27(23)19-9-4-8-17(14-19)16-6-2-1-3-7-16/h1-15H. The Balaban J connectivity index is 1.84. The second-order valence-corrected chi connectivity index (χ2v) is 7.84. The van der Waals surface area contributed by atoms with Gasteiger partial charge in [0.05, 0.1) is 11.0 Å². The van der Waals surface area contributed by atoms with Gasteiger partial charge in [-0.15, -0.1) is 0 Å². The van der Waals surface area contributed by atoms with Crippen molar-refractivity contribution in [2.24, 2.45) is 0 Å². The number of hydrogen-bond acceptors (Lipinski definition) is 0. The minimum Gasteiger partial charge on any atom is -0.309 e. The summed E-state index contributed by atoms with van der Waals surface area (Å²) in [5.41, 5.74) is 5.85. The van der Waals surface area contributed by atoms with Gasteiger partial charge in [0.2, 0.25) is 0 Å². The Kier molecular flexibility index (Phi) is 4.04.